The predicted molar refractivity (Wildman–Crippen MR) is 122 cm³/mol. The molecule has 11 heteroatoms. The van der Waals surface area contributed by atoms with Crippen LogP contribution in [0.4, 0.5) is 10.5 Å². The second-order valence-corrected chi connectivity index (χ2v) is 7.52. The number of carboxylic acid groups (broad SMARTS) is 1. The summed E-state index contributed by atoms with van der Waals surface area (Å²) in [7, 11) is 0. The van der Waals surface area contributed by atoms with E-state index in [0.29, 0.717) is 17.8 Å². The minimum Gasteiger partial charge on any atom is -0.481 e. The van der Waals surface area contributed by atoms with Crippen LogP contribution in [0.2, 0.25) is 0 Å². The van der Waals surface area contributed by atoms with Crippen molar-refractivity contribution in [3.05, 3.63) is 65.7 Å². The Labute approximate surface area is 195 Å². The van der Waals surface area contributed by atoms with Gasteiger partial charge in [-0.15, -0.1) is 0 Å². The SMILES string of the molecule is N=C(NC(=O)OCc1ccccc1)Nc1ccc(C(=O)N2CCN(CCC(=O)O)C(=O)C2)cc1. The molecule has 0 unspecified atom stereocenters. The van der Waals surface area contributed by atoms with Gasteiger partial charge in [0.2, 0.25) is 11.9 Å². The lowest BCUT2D eigenvalue weighted by Crippen LogP contribution is -2.52. The third-order valence-corrected chi connectivity index (χ3v) is 5.04. The molecule has 3 rings (SSSR count). The van der Waals surface area contributed by atoms with Crippen molar-refractivity contribution in [1.29, 1.82) is 5.41 Å². The van der Waals surface area contributed by atoms with Crippen LogP contribution in [0.15, 0.2) is 54.6 Å². The molecule has 1 heterocycles. The number of alkyl carbamates (subject to hydrolysis) is 1. The molecule has 2 aromatic carbocycles. The number of piperazine rings is 1. The van der Waals surface area contributed by atoms with Gasteiger partial charge in [0.15, 0.2) is 0 Å². The Bertz CT molecular complexity index is 1060. The highest BCUT2D eigenvalue weighted by Crippen LogP contribution is 2.14. The number of nitrogens with one attached hydrogen (secondary N) is 3. The van der Waals surface area contributed by atoms with Crippen LogP contribution in [-0.4, -0.2) is 70.9 Å². The molecule has 0 spiro atoms. The van der Waals surface area contributed by atoms with Gasteiger partial charge in [-0.25, -0.2) is 4.79 Å². The molecule has 1 aliphatic rings. The number of hydrogen-bond donors (Lipinski definition) is 4. The van der Waals surface area contributed by atoms with Crippen molar-refractivity contribution < 1.29 is 29.0 Å². The molecule has 11 nitrogen and oxygen atoms in total. The van der Waals surface area contributed by atoms with Crippen LogP contribution in [0.1, 0.15) is 22.3 Å². The summed E-state index contributed by atoms with van der Waals surface area (Å²) in [6.45, 7) is 0.673. The largest absolute Gasteiger partial charge is 0.481 e. The van der Waals surface area contributed by atoms with E-state index in [1.54, 1.807) is 24.3 Å². The van der Waals surface area contributed by atoms with Crippen LogP contribution in [0.3, 0.4) is 0 Å². The number of carbonyl (C=O) groups excluding carboxylic acids is 3. The fourth-order valence-electron chi connectivity index (χ4n) is 3.26. The highest BCUT2D eigenvalue weighted by Gasteiger charge is 2.27. The number of amides is 3. The summed E-state index contributed by atoms with van der Waals surface area (Å²) in [5, 5.41) is 21.6. The van der Waals surface area contributed by atoms with Crippen molar-refractivity contribution in [2.45, 2.75) is 13.0 Å². The lowest BCUT2D eigenvalue weighted by molar-refractivity contribution is -0.139. The standard InChI is InChI=1S/C23H25N5O6/c24-22(26-23(33)34-15-16-4-2-1-3-5-16)25-18-8-6-17(7-9-18)21(32)28-13-12-27(19(29)14-28)11-10-20(30)31/h1-9H,10-15H2,(H,30,31)(H3,24,25,26,33). The van der Waals surface area contributed by atoms with Crippen molar-refractivity contribution in [3.63, 3.8) is 0 Å². The van der Waals surface area contributed by atoms with Crippen molar-refractivity contribution in [2.75, 3.05) is 31.5 Å². The Balaban J connectivity index is 1.45. The zero-order valence-corrected chi connectivity index (χ0v) is 18.3. The van der Waals surface area contributed by atoms with Crippen molar-refractivity contribution in [2.24, 2.45) is 0 Å². The van der Waals surface area contributed by atoms with Crippen LogP contribution < -0.4 is 10.6 Å². The van der Waals surface area contributed by atoms with Gasteiger partial charge in [-0.3, -0.25) is 25.1 Å². The van der Waals surface area contributed by atoms with E-state index in [2.05, 4.69) is 10.6 Å². The average Bonchev–Trinajstić information content (AvgIpc) is 2.82. The fraction of sp³-hybridized carbons (Fsp3) is 0.261. The number of carboxylic acids is 1. The maximum Gasteiger partial charge on any atom is 0.414 e. The molecule has 0 atom stereocenters. The van der Waals surface area contributed by atoms with Gasteiger partial charge in [0, 0.05) is 30.9 Å². The zero-order valence-electron chi connectivity index (χ0n) is 18.3. The summed E-state index contributed by atoms with van der Waals surface area (Å²) in [5.74, 6) is -1.89. The lowest BCUT2D eigenvalue weighted by Gasteiger charge is -2.34. The number of hydrogen-bond acceptors (Lipinski definition) is 6. The van der Waals surface area contributed by atoms with Gasteiger partial charge < -0.3 is 25.0 Å². The summed E-state index contributed by atoms with van der Waals surface area (Å²) in [6, 6.07) is 15.4. The quantitative estimate of drug-likeness (QED) is 0.357. The van der Waals surface area contributed by atoms with Crippen LogP contribution in [-0.2, 0) is 20.9 Å². The van der Waals surface area contributed by atoms with Crippen LogP contribution >= 0.6 is 0 Å². The normalized spacial score (nSPS) is 13.2. The highest BCUT2D eigenvalue weighted by atomic mass is 16.5. The number of anilines is 1. The number of nitrogens with zero attached hydrogens (tertiary/aromatic N) is 2. The molecule has 0 radical (unpaired) electrons. The maximum absolute atomic E-state index is 12.7. The number of ether oxygens (including phenoxy) is 1. The third kappa shape index (κ3) is 7.05. The molecule has 4 N–H and O–H groups in total. The van der Waals surface area contributed by atoms with E-state index >= 15 is 0 Å². The van der Waals surface area contributed by atoms with Crippen molar-refractivity contribution in [3.8, 4) is 0 Å². The number of guanidine groups is 1. The van der Waals surface area contributed by atoms with Crippen molar-refractivity contribution >= 4 is 35.5 Å². The van der Waals surface area contributed by atoms with E-state index in [4.69, 9.17) is 15.3 Å². The highest BCUT2D eigenvalue weighted by molar-refractivity contribution is 6.01. The molecule has 3 amide bonds. The number of benzene rings is 2. The first kappa shape index (κ1) is 24.2. The zero-order chi connectivity index (χ0) is 24.5. The topological polar surface area (TPSA) is 152 Å². The molecular formula is C23H25N5O6. The van der Waals surface area contributed by atoms with E-state index < -0.39 is 12.1 Å². The van der Waals surface area contributed by atoms with Gasteiger partial charge in [0.05, 0.1) is 6.42 Å². The first-order chi connectivity index (χ1) is 16.3. The summed E-state index contributed by atoms with van der Waals surface area (Å²) in [5.41, 5.74) is 1.65. The molecule has 2 aromatic rings. The second kappa shape index (κ2) is 11.5. The number of rotatable bonds is 7. The molecular weight excluding hydrogens is 442 g/mol. The summed E-state index contributed by atoms with van der Waals surface area (Å²) in [6.07, 6.45) is -0.914. The molecule has 1 saturated heterocycles. The number of carbonyl (C=O) groups is 4. The molecule has 178 valence electrons. The van der Waals surface area contributed by atoms with E-state index in [1.165, 1.54) is 9.80 Å². The monoisotopic (exact) mass is 467 g/mol. The Kier molecular flexibility index (Phi) is 8.16. The summed E-state index contributed by atoms with van der Waals surface area (Å²) in [4.78, 5) is 50.3. The predicted octanol–water partition coefficient (Wildman–Crippen LogP) is 1.72. The molecule has 0 aromatic heterocycles. The van der Waals surface area contributed by atoms with Gasteiger partial charge >= 0.3 is 12.1 Å². The van der Waals surface area contributed by atoms with Gasteiger partial charge in [-0.2, -0.15) is 0 Å². The lowest BCUT2D eigenvalue weighted by atomic mass is 10.1. The second-order valence-electron chi connectivity index (χ2n) is 7.52. The molecule has 0 saturated carbocycles. The van der Waals surface area contributed by atoms with Crippen LogP contribution in [0.5, 0.6) is 0 Å². The Morgan fingerprint density at radius 2 is 1.74 bits per heavy atom. The first-order valence-corrected chi connectivity index (χ1v) is 10.5. The van der Waals surface area contributed by atoms with Gasteiger partial charge in [0.25, 0.3) is 5.91 Å². The van der Waals surface area contributed by atoms with E-state index in [-0.39, 0.29) is 50.4 Å². The minimum absolute atomic E-state index is 0.0765. The van der Waals surface area contributed by atoms with Gasteiger partial charge in [-0.1, -0.05) is 30.3 Å². The number of aliphatic carboxylic acids is 1. The smallest absolute Gasteiger partial charge is 0.414 e. The van der Waals surface area contributed by atoms with E-state index in [9.17, 15) is 19.2 Å². The van der Waals surface area contributed by atoms with Gasteiger partial charge in [-0.05, 0) is 29.8 Å². The molecule has 1 aliphatic heterocycles. The fourth-order valence-corrected chi connectivity index (χ4v) is 3.26. The van der Waals surface area contributed by atoms with Crippen LogP contribution in [0, 0.1) is 5.41 Å². The van der Waals surface area contributed by atoms with Gasteiger partial charge in [0.1, 0.15) is 13.2 Å². The minimum atomic E-state index is -0.979. The van der Waals surface area contributed by atoms with Crippen molar-refractivity contribution in [1.82, 2.24) is 15.1 Å². The molecule has 34 heavy (non-hydrogen) atoms. The third-order valence-electron chi connectivity index (χ3n) is 5.04. The molecule has 0 aliphatic carbocycles. The summed E-state index contributed by atoms with van der Waals surface area (Å²) < 4.78 is 5.06. The van der Waals surface area contributed by atoms with Crippen LogP contribution in [0.25, 0.3) is 0 Å². The maximum atomic E-state index is 12.7. The Morgan fingerprint density at radius 1 is 1.03 bits per heavy atom. The first-order valence-electron chi connectivity index (χ1n) is 10.5. The van der Waals surface area contributed by atoms with E-state index in [0.717, 1.165) is 5.56 Å². The average molecular weight is 467 g/mol. The molecule has 0 bridgehead atoms. The Morgan fingerprint density at radius 3 is 2.38 bits per heavy atom. The summed E-state index contributed by atoms with van der Waals surface area (Å²) >= 11 is 0. The van der Waals surface area contributed by atoms with E-state index in [1.807, 2.05) is 30.3 Å². The Hall–Kier alpha value is -4.41. The molecule has 1 fully saturated rings.